The summed E-state index contributed by atoms with van der Waals surface area (Å²) in [4.78, 5) is 30.5. The molecule has 0 unspecified atom stereocenters. The lowest BCUT2D eigenvalue weighted by Gasteiger charge is -2.19. The van der Waals surface area contributed by atoms with Crippen LogP contribution in [0.1, 0.15) is 66.8 Å². The van der Waals surface area contributed by atoms with Crippen LogP contribution in [0.5, 0.6) is 0 Å². The molecule has 23 rings (SSSR count). The monoisotopic (exact) mass is 1750 g/mol. The summed E-state index contributed by atoms with van der Waals surface area (Å²) in [6.45, 7) is 0. The molecule has 0 aliphatic rings. The van der Waals surface area contributed by atoms with Crippen LogP contribution in [0.15, 0.2) is 538 Å². The lowest BCUT2D eigenvalue weighted by molar-refractivity contribution is 0.669. The lowest BCUT2D eigenvalue weighted by Crippen LogP contribution is -2.00. The Labute approximate surface area is 797 Å². The van der Waals surface area contributed by atoms with Crippen LogP contribution in [-0.2, 0) is 0 Å². The molecule has 0 radical (unpaired) electrons. The quantitative estimate of drug-likeness (QED) is 0.0662. The van der Waals surface area contributed by atoms with Gasteiger partial charge in [0.15, 0.2) is 34.9 Å². The maximum Gasteiger partial charge on any atom is 0.164 e. The van der Waals surface area contributed by atoms with Crippen LogP contribution in [0.3, 0.4) is 0 Å². The molecule has 7 nitrogen and oxygen atoms in total. The number of para-hydroxylation sites is 1. The minimum absolute atomic E-state index is 0.583. The standard InChI is InChI=1S/C73H51N3.C57H37N3O/c1-8-22-56(23-9-1)67(57-24-10-2-11-25-57)69(60-30-16-5-17-31-60)62-44-36-52(37-45-62)54-40-48-65(49-41-54)72-74-71(64-34-20-7-21-35-64)75-73(76-72)66-50-42-55(43-51-66)53-38-46-63(47-39-53)70(61-32-18-6-19-33-61)68(58-26-12-3-13-27-58)59-28-14-4-15-29-59;1-4-16-40(17-5-1)53(41-18-6-2-7-19-41)54(42-20-8-3-9-21-42)46-24-14-23-45(35-46)39-27-30-43(31-28-39)55-58-56(47-32-29-38-15-10-11-22-44(38)36-47)60-57(59-55)48-33-34-50-49-25-12-13-26-51(49)61-52(50)37-48/h1-51H;1-37H. The van der Waals surface area contributed by atoms with Gasteiger partial charge in [-0.05, 0) is 175 Å². The fourth-order valence-corrected chi connectivity index (χ4v) is 18.4. The van der Waals surface area contributed by atoms with Gasteiger partial charge in [0.1, 0.15) is 11.2 Å². The Bertz CT molecular complexity index is 7930. The average molecular weight is 1750 g/mol. The first-order valence-electron chi connectivity index (χ1n) is 46.3. The highest BCUT2D eigenvalue weighted by molar-refractivity contribution is 6.09. The van der Waals surface area contributed by atoms with E-state index in [1.165, 1.54) is 83.3 Å². The Morgan fingerprint density at radius 1 is 0.124 bits per heavy atom. The van der Waals surface area contributed by atoms with E-state index in [1.54, 1.807) is 0 Å². The van der Waals surface area contributed by atoms with Crippen molar-refractivity contribution in [1.82, 2.24) is 29.9 Å². The summed E-state index contributed by atoms with van der Waals surface area (Å²) in [5.74, 6) is 3.65. The summed E-state index contributed by atoms with van der Waals surface area (Å²) in [6.07, 6.45) is 0. The molecule has 23 aromatic rings. The van der Waals surface area contributed by atoms with E-state index >= 15 is 0 Å². The number of nitrogens with zero attached hydrogens (tertiary/aromatic N) is 6. The molecule has 644 valence electrons. The molecule has 0 aliphatic carbocycles. The second-order valence-electron chi connectivity index (χ2n) is 33.9. The van der Waals surface area contributed by atoms with Crippen LogP contribution in [0.25, 0.3) is 168 Å². The maximum atomic E-state index is 6.28. The van der Waals surface area contributed by atoms with Crippen molar-refractivity contribution in [3.8, 4) is 102 Å². The van der Waals surface area contributed by atoms with Gasteiger partial charge in [0, 0.05) is 44.2 Å². The van der Waals surface area contributed by atoms with Gasteiger partial charge in [0.25, 0.3) is 0 Å². The fourth-order valence-electron chi connectivity index (χ4n) is 18.4. The van der Waals surface area contributed by atoms with E-state index in [1.807, 2.05) is 54.6 Å². The third kappa shape index (κ3) is 18.3. The number of rotatable bonds is 21. The number of aromatic nitrogens is 6. The van der Waals surface area contributed by atoms with Crippen LogP contribution >= 0.6 is 0 Å². The molecule has 0 spiro atoms. The number of hydrogen-bond acceptors (Lipinski definition) is 7. The first-order chi connectivity index (χ1) is 67.9. The van der Waals surface area contributed by atoms with Gasteiger partial charge in [-0.15, -0.1) is 0 Å². The van der Waals surface area contributed by atoms with Gasteiger partial charge in [-0.3, -0.25) is 0 Å². The zero-order chi connectivity index (χ0) is 91.4. The van der Waals surface area contributed by atoms with Gasteiger partial charge >= 0.3 is 0 Å². The van der Waals surface area contributed by atoms with Crippen molar-refractivity contribution >= 4 is 66.1 Å². The number of hydrogen-bond donors (Lipinski definition) is 0. The van der Waals surface area contributed by atoms with Crippen molar-refractivity contribution < 1.29 is 4.42 Å². The summed E-state index contributed by atoms with van der Waals surface area (Å²) in [7, 11) is 0. The predicted octanol–water partition coefficient (Wildman–Crippen LogP) is 32.8. The number of benzene rings is 20. The van der Waals surface area contributed by atoms with E-state index in [0.29, 0.717) is 34.9 Å². The van der Waals surface area contributed by atoms with Crippen LogP contribution in [-0.4, -0.2) is 29.9 Å². The maximum absolute atomic E-state index is 6.28. The highest BCUT2D eigenvalue weighted by Crippen LogP contribution is 2.44. The second kappa shape index (κ2) is 39.0. The molecule has 0 fully saturated rings. The van der Waals surface area contributed by atoms with E-state index in [9.17, 15) is 0 Å². The molecule has 0 saturated carbocycles. The first-order valence-corrected chi connectivity index (χ1v) is 46.3. The molecule has 0 atom stereocenters. The van der Waals surface area contributed by atoms with Gasteiger partial charge in [-0.25, -0.2) is 29.9 Å². The zero-order valence-corrected chi connectivity index (χ0v) is 74.9. The Morgan fingerprint density at radius 2 is 0.343 bits per heavy atom. The van der Waals surface area contributed by atoms with Gasteiger partial charge in [-0.2, -0.15) is 0 Å². The highest BCUT2D eigenvalue weighted by atomic mass is 16.3. The van der Waals surface area contributed by atoms with E-state index in [0.717, 1.165) is 116 Å². The summed E-state index contributed by atoms with van der Waals surface area (Å²) in [6, 6.07) is 188. The predicted molar refractivity (Wildman–Crippen MR) is 566 cm³/mol. The molecule has 3 heterocycles. The van der Waals surface area contributed by atoms with E-state index < -0.39 is 0 Å². The molecule has 0 amide bonds. The van der Waals surface area contributed by atoms with E-state index in [-0.39, 0.29) is 0 Å². The van der Waals surface area contributed by atoms with Crippen molar-refractivity contribution in [2.75, 3.05) is 0 Å². The topological polar surface area (TPSA) is 90.5 Å². The van der Waals surface area contributed by atoms with Crippen molar-refractivity contribution in [3.05, 3.63) is 601 Å². The molecular weight excluding hydrogens is 1660 g/mol. The molecule has 20 aromatic carbocycles. The minimum atomic E-state index is 0.583. The largest absolute Gasteiger partial charge is 0.456 e. The normalized spacial score (nSPS) is 11.1. The van der Waals surface area contributed by atoms with Crippen LogP contribution in [0, 0.1) is 0 Å². The van der Waals surface area contributed by atoms with Crippen molar-refractivity contribution in [2.45, 2.75) is 0 Å². The third-order valence-corrected chi connectivity index (χ3v) is 25.2. The second-order valence-corrected chi connectivity index (χ2v) is 33.9. The number of furan rings is 1. The van der Waals surface area contributed by atoms with Crippen LogP contribution < -0.4 is 0 Å². The Kier molecular flexibility index (Phi) is 24.0. The summed E-state index contributed by atoms with van der Waals surface area (Å²) in [5, 5.41) is 4.44. The Hall–Kier alpha value is -18.3. The Balaban J connectivity index is 0.000000162. The highest BCUT2D eigenvalue weighted by Gasteiger charge is 2.24. The SMILES string of the molecule is c1ccc(C(=C(c2ccccc2)c2ccc(-c3ccc(-c4nc(-c5ccccc5)nc(-c5ccc(-c6ccc(C(=C(c7ccccc7)c7ccccc7)c7ccccc7)cc6)cc5)n4)cc3)cc2)c2ccccc2)cc1.c1ccc(C(=C(c2ccccc2)c2cccc(-c3ccc(-c4nc(-c5ccc6ccccc6c5)nc(-c5ccc6c(c5)oc5ccccc56)n4)cc3)c2)c2ccccc2)cc1. The van der Waals surface area contributed by atoms with Crippen LogP contribution in [0.2, 0.25) is 0 Å². The lowest BCUT2D eigenvalue weighted by atomic mass is 9.85. The van der Waals surface area contributed by atoms with E-state index in [2.05, 4.69) is 479 Å². The van der Waals surface area contributed by atoms with Gasteiger partial charge in [0.05, 0.1) is 0 Å². The molecule has 0 bridgehead atoms. The summed E-state index contributed by atoms with van der Waals surface area (Å²) < 4.78 is 6.28. The first kappa shape index (κ1) is 84.3. The molecule has 137 heavy (non-hydrogen) atoms. The van der Waals surface area contributed by atoms with Gasteiger partial charge in [-0.1, -0.05) is 504 Å². The van der Waals surface area contributed by atoms with Crippen LogP contribution in [0.4, 0.5) is 0 Å². The molecule has 0 N–H and O–H groups in total. The smallest absolute Gasteiger partial charge is 0.164 e. The molecule has 0 aliphatic heterocycles. The number of fused-ring (bicyclic) bond motifs is 4. The fraction of sp³-hybridized carbons (Fsp3) is 0. The summed E-state index contributed by atoms with van der Waals surface area (Å²) in [5.41, 5.74) is 34.8. The van der Waals surface area contributed by atoms with Crippen molar-refractivity contribution in [1.29, 1.82) is 0 Å². The van der Waals surface area contributed by atoms with E-state index in [4.69, 9.17) is 34.3 Å². The molecular formula is C130H88N6O. The zero-order valence-electron chi connectivity index (χ0n) is 74.9. The molecule has 3 aromatic heterocycles. The average Bonchev–Trinajstić information content (AvgIpc) is 1.53. The minimum Gasteiger partial charge on any atom is -0.456 e. The Morgan fingerprint density at radius 3 is 0.693 bits per heavy atom. The third-order valence-electron chi connectivity index (χ3n) is 25.2. The van der Waals surface area contributed by atoms with Gasteiger partial charge in [0.2, 0.25) is 0 Å². The van der Waals surface area contributed by atoms with Crippen molar-refractivity contribution in [2.24, 2.45) is 0 Å². The van der Waals surface area contributed by atoms with Gasteiger partial charge < -0.3 is 4.42 Å². The molecule has 7 heteroatoms. The summed E-state index contributed by atoms with van der Waals surface area (Å²) >= 11 is 0. The molecule has 0 saturated heterocycles. The van der Waals surface area contributed by atoms with Crippen molar-refractivity contribution in [3.63, 3.8) is 0 Å².